The Morgan fingerprint density at radius 3 is 2.53 bits per heavy atom. The van der Waals surface area contributed by atoms with E-state index in [1.807, 2.05) is 6.07 Å². The Labute approximate surface area is 178 Å². The maximum absolute atomic E-state index is 13.0. The lowest BCUT2D eigenvalue weighted by molar-refractivity contribution is 0.0601. The van der Waals surface area contributed by atoms with Gasteiger partial charge in [0.2, 0.25) is 0 Å². The molecule has 1 aromatic heterocycles. The molecule has 1 aliphatic carbocycles. The summed E-state index contributed by atoms with van der Waals surface area (Å²) in [6.07, 6.45) is 2.13. The molecular formula is C21H19ClN4O4. The van der Waals surface area contributed by atoms with Crippen molar-refractivity contribution in [3.63, 3.8) is 0 Å². The van der Waals surface area contributed by atoms with Crippen molar-refractivity contribution in [3.8, 4) is 6.07 Å². The molecule has 0 radical (unpaired) electrons. The van der Waals surface area contributed by atoms with Crippen molar-refractivity contribution < 1.29 is 19.1 Å². The molecule has 2 amide bonds. The Morgan fingerprint density at radius 1 is 1.20 bits per heavy atom. The first-order valence-electron chi connectivity index (χ1n) is 9.23. The van der Waals surface area contributed by atoms with Crippen LogP contribution in [0.1, 0.15) is 55.3 Å². The molecule has 0 bridgehead atoms. The van der Waals surface area contributed by atoms with Gasteiger partial charge in [0, 0.05) is 12.2 Å². The second-order valence-electron chi connectivity index (χ2n) is 6.90. The van der Waals surface area contributed by atoms with Gasteiger partial charge in [-0.2, -0.15) is 5.26 Å². The summed E-state index contributed by atoms with van der Waals surface area (Å²) in [6.45, 7) is 2.23. The molecule has 0 saturated heterocycles. The topological polar surface area (TPSA) is 121 Å². The molecule has 1 fully saturated rings. The van der Waals surface area contributed by atoms with Gasteiger partial charge in [-0.1, -0.05) is 11.6 Å². The van der Waals surface area contributed by atoms with E-state index in [-0.39, 0.29) is 33.1 Å². The van der Waals surface area contributed by atoms with Crippen LogP contribution in [0.3, 0.4) is 0 Å². The molecule has 3 rings (SSSR count). The highest BCUT2D eigenvalue weighted by molar-refractivity contribution is 6.32. The van der Waals surface area contributed by atoms with Crippen LogP contribution in [0, 0.1) is 24.2 Å². The lowest BCUT2D eigenvalue weighted by atomic mass is 10.1. The number of amides is 2. The minimum Gasteiger partial charge on any atom is -0.465 e. The van der Waals surface area contributed by atoms with E-state index < -0.39 is 17.8 Å². The summed E-state index contributed by atoms with van der Waals surface area (Å²) in [6, 6.07) is 7.66. The highest BCUT2D eigenvalue weighted by atomic mass is 35.5. The molecular weight excluding hydrogens is 408 g/mol. The van der Waals surface area contributed by atoms with Gasteiger partial charge >= 0.3 is 5.97 Å². The van der Waals surface area contributed by atoms with Gasteiger partial charge < -0.3 is 15.4 Å². The van der Waals surface area contributed by atoms with Crippen LogP contribution in [0.2, 0.25) is 5.02 Å². The third kappa shape index (κ3) is 4.58. The van der Waals surface area contributed by atoms with Crippen LogP contribution < -0.4 is 10.6 Å². The highest BCUT2D eigenvalue weighted by Crippen LogP contribution is 2.29. The van der Waals surface area contributed by atoms with Crippen LogP contribution in [0.15, 0.2) is 24.3 Å². The van der Waals surface area contributed by atoms with E-state index in [0.717, 1.165) is 12.8 Å². The number of hydrogen-bond acceptors (Lipinski definition) is 6. The number of nitrogens with one attached hydrogen (secondary N) is 2. The molecule has 9 heteroatoms. The Morgan fingerprint density at radius 2 is 1.90 bits per heavy atom. The van der Waals surface area contributed by atoms with Crippen molar-refractivity contribution in [1.29, 1.82) is 5.26 Å². The quantitative estimate of drug-likeness (QED) is 0.684. The zero-order valence-corrected chi connectivity index (χ0v) is 17.2. The van der Waals surface area contributed by atoms with E-state index >= 15 is 0 Å². The number of hydrogen-bond donors (Lipinski definition) is 2. The SMILES string of the molecule is COC(=O)c1ccc(Cl)c(C#N)c1NC(=O)c1ccc(C)nc1C(=O)NCC1CC1. The number of esters is 1. The first kappa shape index (κ1) is 21.3. The number of aromatic nitrogens is 1. The van der Waals surface area contributed by atoms with Crippen molar-refractivity contribution in [3.05, 3.63) is 57.4 Å². The number of rotatable bonds is 6. The molecule has 0 unspecified atom stereocenters. The van der Waals surface area contributed by atoms with E-state index in [9.17, 15) is 19.6 Å². The Bertz CT molecular complexity index is 1070. The molecule has 154 valence electrons. The van der Waals surface area contributed by atoms with E-state index in [1.54, 1.807) is 13.0 Å². The summed E-state index contributed by atoms with van der Waals surface area (Å²) in [5.41, 5.74) is 0.326. The summed E-state index contributed by atoms with van der Waals surface area (Å²) in [4.78, 5) is 41.9. The van der Waals surface area contributed by atoms with Gasteiger partial charge in [0.05, 0.1) is 34.5 Å². The lowest BCUT2D eigenvalue weighted by Crippen LogP contribution is -2.29. The standard InChI is InChI=1S/C21H19ClN4O4/c1-11-3-6-13(18(25-11)20(28)24-10-12-4-5-12)19(27)26-17-14(21(29)30-2)7-8-16(22)15(17)9-23/h3,6-8,12H,4-5,10H2,1-2H3,(H,24,28)(H,26,27). The van der Waals surface area contributed by atoms with Crippen molar-refractivity contribution in [1.82, 2.24) is 10.3 Å². The highest BCUT2D eigenvalue weighted by Gasteiger charge is 2.26. The fourth-order valence-electron chi connectivity index (χ4n) is 2.83. The van der Waals surface area contributed by atoms with Crippen molar-refractivity contribution >= 4 is 35.1 Å². The van der Waals surface area contributed by atoms with Crippen LogP contribution in [0.5, 0.6) is 0 Å². The van der Waals surface area contributed by atoms with Gasteiger partial charge in [-0.05, 0) is 49.9 Å². The number of methoxy groups -OCH3 is 1. The Kier molecular flexibility index (Phi) is 6.33. The molecule has 1 aliphatic rings. The second-order valence-corrected chi connectivity index (χ2v) is 7.31. The Hall–Kier alpha value is -3.44. The fraction of sp³-hybridized carbons (Fsp3) is 0.286. The van der Waals surface area contributed by atoms with Crippen molar-refractivity contribution in [2.24, 2.45) is 5.92 Å². The molecule has 0 atom stereocenters. The fourth-order valence-corrected chi connectivity index (χ4v) is 3.03. The van der Waals surface area contributed by atoms with Gasteiger partial charge in [0.15, 0.2) is 0 Å². The number of pyridine rings is 1. The number of halogens is 1. The molecule has 8 nitrogen and oxygen atoms in total. The maximum Gasteiger partial charge on any atom is 0.340 e. The zero-order chi connectivity index (χ0) is 21.8. The number of aryl methyl sites for hydroxylation is 1. The van der Waals surface area contributed by atoms with E-state index in [2.05, 4.69) is 15.6 Å². The smallest absolute Gasteiger partial charge is 0.340 e. The average molecular weight is 427 g/mol. The predicted molar refractivity (Wildman–Crippen MR) is 109 cm³/mol. The monoisotopic (exact) mass is 426 g/mol. The first-order valence-corrected chi connectivity index (χ1v) is 9.61. The number of nitriles is 1. The van der Waals surface area contributed by atoms with Crippen LogP contribution >= 0.6 is 11.6 Å². The zero-order valence-electron chi connectivity index (χ0n) is 16.4. The molecule has 1 heterocycles. The van der Waals surface area contributed by atoms with Gasteiger partial charge in [-0.25, -0.2) is 9.78 Å². The summed E-state index contributed by atoms with van der Waals surface area (Å²) >= 11 is 6.06. The second kappa shape index (κ2) is 8.93. The normalized spacial score (nSPS) is 12.6. The molecule has 0 spiro atoms. The minimum absolute atomic E-state index is 0.00794. The van der Waals surface area contributed by atoms with Crippen LogP contribution in [0.25, 0.3) is 0 Å². The number of benzene rings is 1. The van der Waals surface area contributed by atoms with Gasteiger partial charge in [-0.15, -0.1) is 0 Å². The van der Waals surface area contributed by atoms with E-state index in [4.69, 9.17) is 16.3 Å². The minimum atomic E-state index is -0.747. The number of ether oxygens (including phenoxy) is 1. The number of carbonyl (C=O) groups is 3. The summed E-state index contributed by atoms with van der Waals surface area (Å²) in [5, 5.41) is 14.8. The van der Waals surface area contributed by atoms with Gasteiger partial charge in [0.25, 0.3) is 11.8 Å². The number of nitrogens with zero attached hydrogens (tertiary/aromatic N) is 2. The lowest BCUT2D eigenvalue weighted by Gasteiger charge is -2.14. The van der Waals surface area contributed by atoms with Crippen LogP contribution in [-0.2, 0) is 4.74 Å². The molecule has 1 aromatic carbocycles. The summed E-state index contributed by atoms with van der Waals surface area (Å²) in [5.74, 6) is -1.45. The molecule has 30 heavy (non-hydrogen) atoms. The van der Waals surface area contributed by atoms with Crippen molar-refractivity contribution in [2.45, 2.75) is 19.8 Å². The largest absolute Gasteiger partial charge is 0.465 e. The average Bonchev–Trinajstić information content (AvgIpc) is 3.56. The van der Waals surface area contributed by atoms with Crippen molar-refractivity contribution in [2.75, 3.05) is 19.0 Å². The molecule has 2 N–H and O–H groups in total. The summed E-state index contributed by atoms with van der Waals surface area (Å²) in [7, 11) is 1.18. The molecule has 2 aromatic rings. The number of anilines is 1. The predicted octanol–water partition coefficient (Wildman–Crippen LogP) is 3.09. The molecule has 1 saturated carbocycles. The van der Waals surface area contributed by atoms with Gasteiger partial charge in [-0.3, -0.25) is 9.59 Å². The number of carbonyl (C=O) groups excluding carboxylic acids is 3. The Balaban J connectivity index is 1.97. The van der Waals surface area contributed by atoms with E-state index in [0.29, 0.717) is 18.2 Å². The molecule has 0 aliphatic heterocycles. The van der Waals surface area contributed by atoms with E-state index in [1.165, 1.54) is 25.3 Å². The van der Waals surface area contributed by atoms with Crippen LogP contribution in [-0.4, -0.2) is 36.4 Å². The maximum atomic E-state index is 13.0. The summed E-state index contributed by atoms with van der Waals surface area (Å²) < 4.78 is 4.72. The van der Waals surface area contributed by atoms with Crippen LogP contribution in [0.4, 0.5) is 5.69 Å². The first-order chi connectivity index (χ1) is 14.3. The third-order valence-corrected chi connectivity index (χ3v) is 4.97. The third-order valence-electron chi connectivity index (χ3n) is 4.65. The van der Waals surface area contributed by atoms with Gasteiger partial charge in [0.1, 0.15) is 11.8 Å².